The van der Waals surface area contributed by atoms with E-state index in [1.165, 1.54) is 6.20 Å². The normalized spacial score (nSPS) is 10.7. The molecule has 0 aliphatic carbocycles. The molecular weight excluding hydrogens is 474 g/mol. The van der Waals surface area contributed by atoms with Crippen LogP contribution >= 0.6 is 31.9 Å². The van der Waals surface area contributed by atoms with Crippen molar-refractivity contribution in [3.63, 3.8) is 0 Å². The molecule has 1 amide bonds. The Morgan fingerprint density at radius 2 is 1.96 bits per heavy atom. The average Bonchev–Trinajstić information content (AvgIpc) is 2.69. The van der Waals surface area contributed by atoms with Crippen molar-refractivity contribution >= 4 is 44.0 Å². The van der Waals surface area contributed by atoms with Crippen molar-refractivity contribution in [3.05, 3.63) is 92.6 Å². The molecule has 7 heteroatoms. The van der Waals surface area contributed by atoms with Gasteiger partial charge in [0.05, 0.1) is 16.3 Å². The number of hydrogen-bond donors (Lipinski definition) is 1. The third kappa shape index (κ3) is 5.74. The molecule has 27 heavy (non-hydrogen) atoms. The quantitative estimate of drug-likeness (QED) is 0.394. The van der Waals surface area contributed by atoms with Gasteiger partial charge >= 0.3 is 0 Å². The Morgan fingerprint density at radius 3 is 2.67 bits per heavy atom. The predicted molar refractivity (Wildman–Crippen MR) is 112 cm³/mol. The molecule has 1 heterocycles. The topological polar surface area (TPSA) is 63.6 Å². The van der Waals surface area contributed by atoms with Crippen LogP contribution in [0.25, 0.3) is 0 Å². The lowest BCUT2D eigenvalue weighted by molar-refractivity contribution is 0.0955. The number of carbonyl (C=O) groups is 1. The molecule has 0 unspecified atom stereocenters. The van der Waals surface area contributed by atoms with Crippen molar-refractivity contribution in [2.75, 3.05) is 0 Å². The Balaban J connectivity index is 1.57. The molecule has 136 valence electrons. The van der Waals surface area contributed by atoms with Crippen molar-refractivity contribution in [2.45, 2.75) is 6.61 Å². The maximum Gasteiger partial charge on any atom is 0.272 e. The van der Waals surface area contributed by atoms with Gasteiger partial charge in [-0.2, -0.15) is 5.10 Å². The smallest absolute Gasteiger partial charge is 0.272 e. The fourth-order valence-corrected chi connectivity index (χ4v) is 2.96. The molecule has 0 radical (unpaired) electrons. The van der Waals surface area contributed by atoms with E-state index < -0.39 is 0 Å². The fourth-order valence-electron chi connectivity index (χ4n) is 2.18. The first-order valence-electron chi connectivity index (χ1n) is 8.02. The number of halogens is 2. The summed E-state index contributed by atoms with van der Waals surface area (Å²) in [6.45, 7) is 0.473. The van der Waals surface area contributed by atoms with Crippen molar-refractivity contribution in [1.29, 1.82) is 0 Å². The van der Waals surface area contributed by atoms with Crippen LogP contribution in [0.15, 0.2) is 81.0 Å². The summed E-state index contributed by atoms with van der Waals surface area (Å²) in [4.78, 5) is 15.8. The highest BCUT2D eigenvalue weighted by atomic mass is 79.9. The van der Waals surface area contributed by atoms with E-state index in [0.29, 0.717) is 12.2 Å². The second-order valence-corrected chi connectivity index (χ2v) is 7.32. The number of nitrogens with zero attached hydrogens (tertiary/aromatic N) is 2. The standard InChI is InChI=1S/C20H15Br2N3O2/c21-17-6-3-14(4-7-17)13-27-19-8-5-15(10-18(19)22)11-24-25-20(26)16-2-1-9-23-12-16/h1-12H,13H2,(H,25,26)/b24-11-. The van der Waals surface area contributed by atoms with Gasteiger partial charge in [0.25, 0.3) is 5.91 Å². The molecule has 0 fully saturated rings. The highest BCUT2D eigenvalue weighted by Gasteiger charge is 2.04. The van der Waals surface area contributed by atoms with Gasteiger partial charge < -0.3 is 4.74 Å². The predicted octanol–water partition coefficient (Wildman–Crippen LogP) is 4.95. The number of carbonyl (C=O) groups excluding carboxylic acids is 1. The number of benzene rings is 2. The van der Waals surface area contributed by atoms with Crippen LogP contribution in [-0.4, -0.2) is 17.1 Å². The SMILES string of the molecule is O=C(N/N=C\c1ccc(OCc2ccc(Br)cc2)c(Br)c1)c1cccnc1. The van der Waals surface area contributed by atoms with Crippen LogP contribution in [0, 0.1) is 0 Å². The minimum absolute atomic E-state index is 0.312. The van der Waals surface area contributed by atoms with Crippen LogP contribution in [0.2, 0.25) is 0 Å². The van der Waals surface area contributed by atoms with E-state index >= 15 is 0 Å². The van der Waals surface area contributed by atoms with Crippen molar-refractivity contribution in [3.8, 4) is 5.75 Å². The summed E-state index contributed by atoms with van der Waals surface area (Å²) >= 11 is 6.91. The number of aromatic nitrogens is 1. The minimum Gasteiger partial charge on any atom is -0.488 e. The zero-order chi connectivity index (χ0) is 19.1. The number of nitrogens with one attached hydrogen (secondary N) is 1. The summed E-state index contributed by atoms with van der Waals surface area (Å²) in [5, 5.41) is 3.97. The summed E-state index contributed by atoms with van der Waals surface area (Å²) in [6, 6.07) is 16.9. The molecule has 0 bridgehead atoms. The molecule has 0 saturated heterocycles. The summed E-state index contributed by atoms with van der Waals surface area (Å²) in [5.74, 6) is 0.419. The molecule has 0 atom stereocenters. The molecule has 3 rings (SSSR count). The molecule has 5 nitrogen and oxygen atoms in total. The molecule has 0 aliphatic heterocycles. The van der Waals surface area contributed by atoms with Gasteiger partial charge in [-0.25, -0.2) is 5.43 Å². The van der Waals surface area contributed by atoms with Crippen LogP contribution < -0.4 is 10.2 Å². The van der Waals surface area contributed by atoms with E-state index in [4.69, 9.17) is 4.74 Å². The number of hydrazone groups is 1. The molecule has 0 aliphatic rings. The molecule has 1 aromatic heterocycles. The zero-order valence-electron chi connectivity index (χ0n) is 14.1. The van der Waals surface area contributed by atoms with Gasteiger partial charge in [-0.3, -0.25) is 9.78 Å². The van der Waals surface area contributed by atoms with Crippen LogP contribution in [0.5, 0.6) is 5.75 Å². The summed E-state index contributed by atoms with van der Waals surface area (Å²) in [6.07, 6.45) is 4.66. The third-order valence-corrected chi connectivity index (χ3v) is 4.72. The average molecular weight is 489 g/mol. The van der Waals surface area contributed by atoms with Crippen LogP contribution in [0.1, 0.15) is 21.5 Å². The zero-order valence-corrected chi connectivity index (χ0v) is 17.3. The maximum absolute atomic E-state index is 11.9. The van der Waals surface area contributed by atoms with E-state index in [1.807, 2.05) is 42.5 Å². The van der Waals surface area contributed by atoms with Crippen LogP contribution in [0.4, 0.5) is 0 Å². The van der Waals surface area contributed by atoms with E-state index in [0.717, 1.165) is 25.8 Å². The first-order chi connectivity index (χ1) is 13.1. The number of pyridine rings is 1. The van der Waals surface area contributed by atoms with Gasteiger partial charge in [-0.1, -0.05) is 28.1 Å². The third-order valence-electron chi connectivity index (χ3n) is 3.57. The van der Waals surface area contributed by atoms with E-state index in [2.05, 4.69) is 47.4 Å². The van der Waals surface area contributed by atoms with Crippen molar-refractivity contribution < 1.29 is 9.53 Å². The largest absolute Gasteiger partial charge is 0.488 e. The lowest BCUT2D eigenvalue weighted by Crippen LogP contribution is -2.17. The van der Waals surface area contributed by atoms with Gasteiger partial charge in [-0.15, -0.1) is 0 Å². The van der Waals surface area contributed by atoms with Gasteiger partial charge in [-0.05, 0) is 69.5 Å². The minimum atomic E-state index is -0.312. The molecule has 3 aromatic rings. The van der Waals surface area contributed by atoms with Crippen LogP contribution in [0.3, 0.4) is 0 Å². The van der Waals surface area contributed by atoms with Gasteiger partial charge in [0.2, 0.25) is 0 Å². The van der Waals surface area contributed by atoms with Crippen LogP contribution in [-0.2, 0) is 6.61 Å². The molecular formula is C20H15Br2N3O2. The highest BCUT2D eigenvalue weighted by Crippen LogP contribution is 2.26. The fraction of sp³-hybridized carbons (Fsp3) is 0.0500. The Hall–Kier alpha value is -2.51. The number of hydrogen-bond acceptors (Lipinski definition) is 4. The lowest BCUT2D eigenvalue weighted by atomic mass is 10.2. The van der Waals surface area contributed by atoms with Crippen molar-refractivity contribution in [1.82, 2.24) is 10.4 Å². The highest BCUT2D eigenvalue weighted by molar-refractivity contribution is 9.10. The summed E-state index contributed by atoms with van der Waals surface area (Å²) < 4.78 is 7.68. The molecule has 0 saturated carbocycles. The number of rotatable bonds is 6. The Bertz CT molecular complexity index is 945. The second kappa shape index (κ2) is 9.43. The summed E-state index contributed by atoms with van der Waals surface area (Å²) in [5.41, 5.74) is 4.83. The molecule has 0 spiro atoms. The van der Waals surface area contributed by atoms with E-state index in [-0.39, 0.29) is 5.91 Å². The summed E-state index contributed by atoms with van der Waals surface area (Å²) in [7, 11) is 0. The first kappa shape index (κ1) is 19.3. The van der Waals surface area contributed by atoms with Crippen molar-refractivity contribution in [2.24, 2.45) is 5.10 Å². The monoisotopic (exact) mass is 487 g/mol. The maximum atomic E-state index is 11.9. The van der Waals surface area contributed by atoms with E-state index in [1.54, 1.807) is 24.5 Å². The Labute approximate surface area is 173 Å². The van der Waals surface area contributed by atoms with Gasteiger partial charge in [0.1, 0.15) is 12.4 Å². The first-order valence-corrected chi connectivity index (χ1v) is 9.60. The molecule has 1 N–H and O–H groups in total. The van der Waals surface area contributed by atoms with E-state index in [9.17, 15) is 4.79 Å². The Kier molecular flexibility index (Phi) is 6.73. The number of amides is 1. The second-order valence-electron chi connectivity index (χ2n) is 5.55. The molecule has 2 aromatic carbocycles. The van der Waals surface area contributed by atoms with Gasteiger partial charge in [0.15, 0.2) is 0 Å². The van der Waals surface area contributed by atoms with Gasteiger partial charge in [0, 0.05) is 16.9 Å². The lowest BCUT2D eigenvalue weighted by Gasteiger charge is -2.09. The Morgan fingerprint density at radius 1 is 1.15 bits per heavy atom. The number of ether oxygens (including phenoxy) is 1.